The van der Waals surface area contributed by atoms with Crippen LogP contribution < -0.4 is 9.64 Å². The molecule has 0 aliphatic heterocycles. The highest BCUT2D eigenvalue weighted by atomic mass is 35.5. The Morgan fingerprint density at radius 2 is 1.95 bits per heavy atom. The first-order valence-electron chi connectivity index (χ1n) is 6.34. The van der Waals surface area contributed by atoms with Crippen molar-refractivity contribution in [3.8, 4) is 11.5 Å². The predicted molar refractivity (Wildman–Crippen MR) is 86.4 cm³/mol. The number of ether oxygens (including phenoxy) is 1. The maximum atomic E-state index is 9.87. The number of hydrogen-bond donors (Lipinski definition) is 1. The molecule has 1 aromatic heterocycles. The maximum Gasteiger partial charge on any atom is 0.160 e. The van der Waals surface area contributed by atoms with Crippen molar-refractivity contribution in [3.63, 3.8) is 0 Å². The van der Waals surface area contributed by atoms with Crippen molar-refractivity contribution in [3.05, 3.63) is 53.2 Å². The van der Waals surface area contributed by atoms with E-state index in [1.54, 1.807) is 18.2 Å². The number of nitrogens with zero attached hydrogens (tertiary/aromatic N) is 2. The number of hydrogen-bond acceptors (Lipinski definition) is 4. The van der Waals surface area contributed by atoms with Crippen LogP contribution in [0.3, 0.4) is 0 Å². The molecule has 110 valence electrons. The lowest BCUT2D eigenvalue weighted by Crippen LogP contribution is -2.11. The Labute approximate surface area is 129 Å². The van der Waals surface area contributed by atoms with Crippen LogP contribution in [0.2, 0.25) is 5.15 Å². The Hall–Kier alpha value is -2.20. The highest BCUT2D eigenvalue weighted by Crippen LogP contribution is 2.32. The van der Waals surface area contributed by atoms with Crippen molar-refractivity contribution in [2.24, 2.45) is 0 Å². The number of benzene rings is 1. The van der Waals surface area contributed by atoms with Crippen LogP contribution in [0, 0.1) is 0 Å². The van der Waals surface area contributed by atoms with Gasteiger partial charge >= 0.3 is 0 Å². The summed E-state index contributed by atoms with van der Waals surface area (Å²) < 4.78 is 5.04. The van der Waals surface area contributed by atoms with Crippen LogP contribution in [-0.2, 0) is 0 Å². The summed E-state index contributed by atoms with van der Waals surface area (Å²) in [4.78, 5) is 6.10. The minimum absolute atomic E-state index is 0.0733. The van der Waals surface area contributed by atoms with Crippen LogP contribution in [-0.4, -0.2) is 31.3 Å². The largest absolute Gasteiger partial charge is 0.504 e. The third-order valence-electron chi connectivity index (χ3n) is 3.11. The molecule has 1 N–H and O–H groups in total. The van der Waals surface area contributed by atoms with Gasteiger partial charge < -0.3 is 14.7 Å². The van der Waals surface area contributed by atoms with Crippen LogP contribution in [0.4, 0.5) is 5.82 Å². The minimum Gasteiger partial charge on any atom is -0.504 e. The summed E-state index contributed by atoms with van der Waals surface area (Å²) in [6.45, 7) is 4.08. The van der Waals surface area contributed by atoms with Crippen molar-refractivity contribution in [1.29, 1.82) is 0 Å². The van der Waals surface area contributed by atoms with E-state index in [9.17, 15) is 5.11 Å². The molecule has 0 saturated carbocycles. The number of rotatable bonds is 4. The second kappa shape index (κ2) is 6.06. The number of phenolic OH excluding ortho intramolecular Hbond substituents is 1. The molecule has 0 saturated heterocycles. The van der Waals surface area contributed by atoms with Crippen molar-refractivity contribution in [2.45, 2.75) is 0 Å². The molecule has 2 rings (SSSR count). The lowest BCUT2D eigenvalue weighted by atomic mass is 10.00. The molecule has 0 fully saturated rings. The topological polar surface area (TPSA) is 45.6 Å². The summed E-state index contributed by atoms with van der Waals surface area (Å²) in [5, 5.41) is 10.3. The Kier molecular flexibility index (Phi) is 4.38. The molecule has 1 aromatic carbocycles. The zero-order valence-corrected chi connectivity index (χ0v) is 13.0. The number of halogens is 1. The fraction of sp³-hybridized carbons (Fsp3) is 0.188. The first-order valence-corrected chi connectivity index (χ1v) is 6.71. The molecule has 0 aliphatic carbocycles. The van der Waals surface area contributed by atoms with E-state index in [4.69, 9.17) is 16.3 Å². The third kappa shape index (κ3) is 3.28. The Morgan fingerprint density at radius 3 is 2.52 bits per heavy atom. The van der Waals surface area contributed by atoms with Gasteiger partial charge in [0.2, 0.25) is 0 Å². The summed E-state index contributed by atoms with van der Waals surface area (Å²) in [6.07, 6.45) is 0. The number of anilines is 1. The van der Waals surface area contributed by atoms with Crippen LogP contribution >= 0.6 is 11.6 Å². The summed E-state index contributed by atoms with van der Waals surface area (Å²) in [5.41, 5.74) is 2.39. The Bertz CT molecular complexity index is 684. The normalized spacial score (nSPS) is 10.3. The molecule has 0 radical (unpaired) electrons. The number of methoxy groups -OCH3 is 1. The van der Waals surface area contributed by atoms with E-state index in [-0.39, 0.29) is 5.75 Å². The van der Waals surface area contributed by atoms with Gasteiger partial charge in [-0.05, 0) is 41.0 Å². The van der Waals surface area contributed by atoms with E-state index >= 15 is 0 Å². The van der Waals surface area contributed by atoms with Gasteiger partial charge in [-0.25, -0.2) is 4.98 Å². The quantitative estimate of drug-likeness (QED) is 0.877. The fourth-order valence-corrected chi connectivity index (χ4v) is 2.13. The minimum atomic E-state index is 0.0733. The van der Waals surface area contributed by atoms with Crippen LogP contribution in [0.5, 0.6) is 11.5 Å². The molecule has 0 atom stereocenters. The van der Waals surface area contributed by atoms with Crippen LogP contribution in [0.15, 0.2) is 36.9 Å². The van der Waals surface area contributed by atoms with Gasteiger partial charge in [0.25, 0.3) is 0 Å². The monoisotopic (exact) mass is 304 g/mol. The van der Waals surface area contributed by atoms with Crippen LogP contribution in [0.1, 0.15) is 11.1 Å². The van der Waals surface area contributed by atoms with Gasteiger partial charge in [0.05, 0.1) is 7.11 Å². The van der Waals surface area contributed by atoms with Crippen molar-refractivity contribution in [1.82, 2.24) is 4.98 Å². The van der Waals surface area contributed by atoms with E-state index in [2.05, 4.69) is 11.6 Å². The van der Waals surface area contributed by atoms with E-state index < -0.39 is 0 Å². The molecule has 0 aliphatic rings. The predicted octanol–water partition coefficient (Wildman–Crippen LogP) is 3.58. The van der Waals surface area contributed by atoms with E-state index in [1.807, 2.05) is 31.1 Å². The van der Waals surface area contributed by atoms with E-state index in [0.717, 1.165) is 22.5 Å². The van der Waals surface area contributed by atoms with Gasteiger partial charge in [-0.1, -0.05) is 24.2 Å². The summed E-state index contributed by atoms with van der Waals surface area (Å²) >= 11 is 6.06. The average molecular weight is 305 g/mol. The van der Waals surface area contributed by atoms with Gasteiger partial charge in [-0.2, -0.15) is 0 Å². The van der Waals surface area contributed by atoms with Crippen molar-refractivity contribution < 1.29 is 9.84 Å². The van der Waals surface area contributed by atoms with E-state index in [0.29, 0.717) is 10.9 Å². The van der Waals surface area contributed by atoms with Gasteiger partial charge in [-0.15, -0.1) is 0 Å². The molecule has 2 aromatic rings. The first-order chi connectivity index (χ1) is 9.92. The van der Waals surface area contributed by atoms with E-state index in [1.165, 1.54) is 7.11 Å². The summed E-state index contributed by atoms with van der Waals surface area (Å²) in [7, 11) is 5.30. The van der Waals surface area contributed by atoms with Crippen LogP contribution in [0.25, 0.3) is 5.57 Å². The Balaban J connectivity index is 2.42. The number of aromatic nitrogens is 1. The first kappa shape index (κ1) is 15.2. The molecule has 0 spiro atoms. The maximum absolute atomic E-state index is 9.87. The number of aromatic hydroxyl groups is 1. The molecule has 0 bridgehead atoms. The highest BCUT2D eigenvalue weighted by molar-refractivity contribution is 6.29. The molecular weight excluding hydrogens is 288 g/mol. The van der Waals surface area contributed by atoms with Gasteiger partial charge in [0, 0.05) is 14.1 Å². The zero-order valence-electron chi connectivity index (χ0n) is 12.2. The lowest BCUT2D eigenvalue weighted by molar-refractivity contribution is 0.373. The molecular formula is C16H17ClN2O2. The smallest absolute Gasteiger partial charge is 0.160 e. The van der Waals surface area contributed by atoms with Crippen molar-refractivity contribution in [2.75, 3.05) is 26.1 Å². The highest BCUT2D eigenvalue weighted by Gasteiger charge is 2.10. The summed E-state index contributed by atoms with van der Waals surface area (Å²) in [6, 6.07) is 8.80. The average Bonchev–Trinajstić information content (AvgIpc) is 2.45. The molecule has 0 amide bonds. The van der Waals surface area contributed by atoms with Crippen molar-refractivity contribution >= 4 is 23.0 Å². The lowest BCUT2D eigenvalue weighted by Gasteiger charge is -2.15. The third-order valence-corrected chi connectivity index (χ3v) is 3.31. The zero-order chi connectivity index (χ0) is 15.6. The fourth-order valence-electron chi connectivity index (χ4n) is 1.93. The summed E-state index contributed by atoms with van der Waals surface area (Å²) in [5.74, 6) is 1.24. The molecule has 1 heterocycles. The number of phenols is 1. The second-order valence-electron chi connectivity index (χ2n) is 4.80. The van der Waals surface area contributed by atoms with Gasteiger partial charge in [-0.3, -0.25) is 0 Å². The molecule has 21 heavy (non-hydrogen) atoms. The SMILES string of the molecule is C=C(c1cc(Cl)nc(N(C)C)c1)c1ccc(OC)c(O)c1. The molecule has 5 heteroatoms. The molecule has 0 unspecified atom stereocenters. The molecule has 4 nitrogen and oxygen atoms in total. The Morgan fingerprint density at radius 1 is 1.24 bits per heavy atom. The van der Waals surface area contributed by atoms with Gasteiger partial charge in [0.1, 0.15) is 11.0 Å². The van der Waals surface area contributed by atoms with Gasteiger partial charge in [0.15, 0.2) is 11.5 Å². The standard InChI is InChI=1S/C16H17ClN2O2/c1-10(11-5-6-14(21-4)13(20)7-11)12-8-15(17)18-16(9-12)19(2)3/h5-9,20H,1H2,2-4H3. The second-order valence-corrected chi connectivity index (χ2v) is 5.18. The number of pyridine rings is 1.